The summed E-state index contributed by atoms with van der Waals surface area (Å²) in [5.41, 5.74) is 0.866. The molecule has 1 aliphatic heterocycles. The molecule has 11 nitrogen and oxygen atoms in total. The van der Waals surface area contributed by atoms with Crippen molar-refractivity contribution in [2.45, 2.75) is 43.4 Å². The van der Waals surface area contributed by atoms with E-state index in [4.69, 9.17) is 18.9 Å². The molecule has 1 amide bonds. The van der Waals surface area contributed by atoms with E-state index in [1.165, 1.54) is 23.5 Å². The predicted molar refractivity (Wildman–Crippen MR) is 159 cm³/mol. The van der Waals surface area contributed by atoms with Crippen LogP contribution in [0.25, 0.3) is 0 Å². The first-order valence-corrected chi connectivity index (χ1v) is 15.7. The van der Waals surface area contributed by atoms with Crippen molar-refractivity contribution in [3.8, 4) is 5.75 Å². The van der Waals surface area contributed by atoms with Gasteiger partial charge in [0.25, 0.3) is 0 Å². The lowest BCUT2D eigenvalue weighted by Gasteiger charge is -2.31. The average Bonchev–Trinajstić information content (AvgIpc) is 2.97. The third-order valence-electron chi connectivity index (χ3n) is 6.84. The van der Waals surface area contributed by atoms with Crippen molar-refractivity contribution in [2.24, 2.45) is 5.92 Å². The molecule has 1 aliphatic rings. The zero-order chi connectivity index (χ0) is 30.5. The van der Waals surface area contributed by atoms with Crippen LogP contribution in [0, 0.1) is 5.92 Å². The largest absolute Gasteiger partial charge is 0.497 e. The molecule has 3 rings (SSSR count). The van der Waals surface area contributed by atoms with Gasteiger partial charge in [0, 0.05) is 26.2 Å². The van der Waals surface area contributed by atoms with Crippen LogP contribution >= 0.6 is 0 Å². The van der Waals surface area contributed by atoms with Crippen LogP contribution in [0.5, 0.6) is 5.75 Å². The molecule has 0 aromatic heterocycles. The molecule has 2 aromatic rings. The molecule has 0 bridgehead atoms. The van der Waals surface area contributed by atoms with Gasteiger partial charge in [-0.1, -0.05) is 44.2 Å². The molecule has 0 spiro atoms. The van der Waals surface area contributed by atoms with Gasteiger partial charge in [-0.25, -0.2) is 13.2 Å². The summed E-state index contributed by atoms with van der Waals surface area (Å²) in [5, 5.41) is 14.2. The molecule has 12 heteroatoms. The number of ether oxygens (including phenoxy) is 4. The van der Waals surface area contributed by atoms with Gasteiger partial charge < -0.3 is 34.3 Å². The zero-order valence-corrected chi connectivity index (χ0v) is 25.8. The standard InChI is InChI=1S/C30H45N3O8S/c1-23(2)19-33(42(36,37)27-12-10-25(38-4)11-13-27)20-29(34)28(18-24-8-6-5-7-9-24)31-30(35)41-26-21-39-16-14-32(3)15-17-40-22-26/h5-13,23,26,28-29,34H,14-22H2,1-4H3,(H,31,35)/t28-,29+/m0/s1. The van der Waals surface area contributed by atoms with E-state index in [0.717, 1.165) is 18.7 Å². The molecule has 1 fully saturated rings. The van der Waals surface area contributed by atoms with Crippen LogP contribution in [0.3, 0.4) is 0 Å². The Balaban J connectivity index is 1.76. The number of carbonyl (C=O) groups excluding carboxylic acids is 1. The Morgan fingerprint density at radius 3 is 2.24 bits per heavy atom. The van der Waals surface area contributed by atoms with Gasteiger partial charge in [0.15, 0.2) is 6.10 Å². The Bertz CT molecular complexity index is 1170. The van der Waals surface area contributed by atoms with E-state index in [-0.39, 0.29) is 43.5 Å². The third kappa shape index (κ3) is 10.8. The van der Waals surface area contributed by atoms with Crippen LogP contribution in [0.15, 0.2) is 59.5 Å². The Kier molecular flexibility index (Phi) is 13.5. The summed E-state index contributed by atoms with van der Waals surface area (Å²) in [6.07, 6.45) is -2.35. The molecular formula is C30H45N3O8S. The highest BCUT2D eigenvalue weighted by Gasteiger charge is 2.32. The normalized spacial score (nSPS) is 17.5. The summed E-state index contributed by atoms with van der Waals surface area (Å²) >= 11 is 0. The number of methoxy groups -OCH3 is 1. The van der Waals surface area contributed by atoms with Gasteiger partial charge in [0.2, 0.25) is 10.0 Å². The summed E-state index contributed by atoms with van der Waals surface area (Å²) in [6.45, 7) is 6.59. The molecular weight excluding hydrogens is 562 g/mol. The highest BCUT2D eigenvalue weighted by atomic mass is 32.2. The van der Waals surface area contributed by atoms with Gasteiger partial charge in [-0.05, 0) is 49.2 Å². The van der Waals surface area contributed by atoms with Crippen LogP contribution < -0.4 is 10.1 Å². The molecule has 0 radical (unpaired) electrons. The fourth-order valence-electron chi connectivity index (χ4n) is 4.50. The van der Waals surface area contributed by atoms with Crippen molar-refractivity contribution < 1.29 is 37.3 Å². The number of hydrogen-bond donors (Lipinski definition) is 2. The van der Waals surface area contributed by atoms with Crippen LogP contribution in [0.4, 0.5) is 4.79 Å². The van der Waals surface area contributed by atoms with Crippen molar-refractivity contribution in [3.05, 3.63) is 60.2 Å². The molecule has 2 aromatic carbocycles. The SMILES string of the molecule is COc1ccc(S(=O)(=O)N(CC(C)C)C[C@@H](O)[C@H](Cc2ccccc2)NC(=O)OC2COCCN(C)CCOC2)cc1. The van der Waals surface area contributed by atoms with Crippen molar-refractivity contribution in [1.82, 2.24) is 14.5 Å². The lowest BCUT2D eigenvalue weighted by atomic mass is 10.0. The summed E-state index contributed by atoms with van der Waals surface area (Å²) in [7, 11) is -0.461. The predicted octanol–water partition coefficient (Wildman–Crippen LogP) is 2.39. The zero-order valence-electron chi connectivity index (χ0n) is 25.0. The number of likely N-dealkylation sites (N-methyl/N-ethyl adjacent to an activating group) is 1. The molecule has 0 aliphatic carbocycles. The molecule has 2 N–H and O–H groups in total. The van der Waals surface area contributed by atoms with E-state index in [0.29, 0.717) is 19.0 Å². The van der Waals surface area contributed by atoms with Crippen LogP contribution in [-0.4, -0.2) is 114 Å². The Morgan fingerprint density at radius 2 is 1.67 bits per heavy atom. The molecule has 2 atom stereocenters. The number of sulfonamides is 1. The first kappa shape index (κ1) is 33.8. The highest BCUT2D eigenvalue weighted by Crippen LogP contribution is 2.22. The number of aliphatic hydroxyl groups excluding tert-OH is 1. The maximum Gasteiger partial charge on any atom is 0.407 e. The minimum atomic E-state index is -3.95. The van der Waals surface area contributed by atoms with E-state index in [1.807, 2.05) is 51.2 Å². The summed E-state index contributed by atoms with van der Waals surface area (Å²) in [6, 6.07) is 14.6. The molecule has 234 valence electrons. The Hall–Kier alpha value is -2.74. The monoisotopic (exact) mass is 607 g/mol. The summed E-state index contributed by atoms with van der Waals surface area (Å²) in [5.74, 6) is 0.525. The fourth-order valence-corrected chi connectivity index (χ4v) is 6.12. The first-order chi connectivity index (χ1) is 20.1. The molecule has 0 unspecified atom stereocenters. The smallest absolute Gasteiger partial charge is 0.407 e. The molecule has 42 heavy (non-hydrogen) atoms. The van der Waals surface area contributed by atoms with E-state index >= 15 is 0 Å². The van der Waals surface area contributed by atoms with E-state index < -0.39 is 34.4 Å². The molecule has 0 saturated carbocycles. The van der Waals surface area contributed by atoms with E-state index in [9.17, 15) is 18.3 Å². The minimum Gasteiger partial charge on any atom is -0.497 e. The quantitative estimate of drug-likeness (QED) is 0.374. The van der Waals surface area contributed by atoms with Gasteiger partial charge in [-0.3, -0.25) is 0 Å². The van der Waals surface area contributed by atoms with Crippen molar-refractivity contribution in [2.75, 3.05) is 66.8 Å². The van der Waals surface area contributed by atoms with Crippen molar-refractivity contribution >= 4 is 16.1 Å². The summed E-state index contributed by atoms with van der Waals surface area (Å²) in [4.78, 5) is 15.2. The summed E-state index contributed by atoms with van der Waals surface area (Å²) < 4.78 is 50.7. The fraction of sp³-hybridized carbons (Fsp3) is 0.567. The third-order valence-corrected chi connectivity index (χ3v) is 8.68. The van der Waals surface area contributed by atoms with Crippen molar-refractivity contribution in [3.63, 3.8) is 0 Å². The molecule has 1 saturated heterocycles. The number of nitrogens with one attached hydrogen (secondary N) is 1. The lowest BCUT2D eigenvalue weighted by Crippen LogP contribution is -2.52. The minimum absolute atomic E-state index is 0.0110. The number of rotatable bonds is 12. The molecule has 1 heterocycles. The maximum atomic E-state index is 13.6. The number of alkyl carbamates (subject to hydrolysis) is 1. The number of hydrogen-bond acceptors (Lipinski definition) is 9. The van der Waals surface area contributed by atoms with E-state index in [1.54, 1.807) is 12.1 Å². The van der Waals surface area contributed by atoms with Gasteiger partial charge in [0.1, 0.15) is 5.75 Å². The Labute approximate surface area is 249 Å². The topological polar surface area (TPSA) is 127 Å². The van der Waals surface area contributed by atoms with Gasteiger partial charge in [-0.15, -0.1) is 0 Å². The number of amides is 1. The average molecular weight is 608 g/mol. The van der Waals surface area contributed by atoms with Gasteiger partial charge >= 0.3 is 6.09 Å². The maximum absolute atomic E-state index is 13.6. The van der Waals surface area contributed by atoms with Gasteiger partial charge in [0.05, 0.1) is 50.6 Å². The second kappa shape index (κ2) is 16.8. The lowest BCUT2D eigenvalue weighted by molar-refractivity contribution is -0.0443. The van der Waals surface area contributed by atoms with Crippen LogP contribution in [0.2, 0.25) is 0 Å². The van der Waals surface area contributed by atoms with E-state index in [2.05, 4.69) is 10.2 Å². The number of nitrogens with zero attached hydrogens (tertiary/aromatic N) is 2. The Morgan fingerprint density at radius 1 is 1.05 bits per heavy atom. The second-order valence-corrected chi connectivity index (χ2v) is 12.8. The number of aliphatic hydroxyl groups is 1. The van der Waals surface area contributed by atoms with Crippen LogP contribution in [0.1, 0.15) is 19.4 Å². The number of benzene rings is 2. The van der Waals surface area contributed by atoms with Gasteiger partial charge in [-0.2, -0.15) is 4.31 Å². The first-order valence-electron chi connectivity index (χ1n) is 14.3. The second-order valence-electron chi connectivity index (χ2n) is 10.9. The number of carbonyl (C=O) groups is 1. The van der Waals surface area contributed by atoms with Crippen molar-refractivity contribution in [1.29, 1.82) is 0 Å². The van der Waals surface area contributed by atoms with Crippen LogP contribution in [-0.2, 0) is 30.7 Å². The highest BCUT2D eigenvalue weighted by molar-refractivity contribution is 7.89.